The van der Waals surface area contributed by atoms with Crippen molar-refractivity contribution in [1.82, 2.24) is 4.98 Å². The Balaban J connectivity index is 0.00000196. The van der Waals surface area contributed by atoms with Crippen LogP contribution in [-0.4, -0.2) is 12.0 Å². The summed E-state index contributed by atoms with van der Waals surface area (Å²) in [7, 11) is 0. The minimum Gasteiger partial charge on any atom is -0.445 e. The Morgan fingerprint density at radius 1 is 1.27 bits per heavy atom. The second-order valence-electron chi connectivity index (χ2n) is 2.85. The summed E-state index contributed by atoms with van der Waals surface area (Å²) in [5.41, 5.74) is -1.70. The molecule has 78 valence electrons. The zero-order valence-corrected chi connectivity index (χ0v) is 11.3. The average molecular weight is 249 g/mol. The molecular formula is C7H6BF5KN. The van der Waals surface area contributed by atoms with Gasteiger partial charge in [0.25, 0.3) is 6.43 Å². The smallest absolute Gasteiger partial charge is 0.445 e. The predicted octanol–water partition coefficient (Wildman–Crippen LogP) is -0.614. The van der Waals surface area contributed by atoms with Crippen LogP contribution < -0.4 is 56.8 Å². The Hall–Kier alpha value is 0.501. The van der Waals surface area contributed by atoms with E-state index in [0.29, 0.717) is 12.3 Å². The third kappa shape index (κ3) is 4.10. The van der Waals surface area contributed by atoms with Gasteiger partial charge in [-0.05, 0) is 12.5 Å². The van der Waals surface area contributed by atoms with Gasteiger partial charge in [-0.15, -0.1) is 0 Å². The molecule has 1 rings (SSSR count). The van der Waals surface area contributed by atoms with Crippen molar-refractivity contribution in [2.45, 2.75) is 13.3 Å². The quantitative estimate of drug-likeness (QED) is 0.503. The molecule has 0 aliphatic carbocycles. The minimum atomic E-state index is -5.17. The maximum absolute atomic E-state index is 12.1. The van der Waals surface area contributed by atoms with Crippen LogP contribution in [0, 0.1) is 6.92 Å². The molecule has 0 amide bonds. The van der Waals surface area contributed by atoms with Crippen molar-refractivity contribution in [2.75, 3.05) is 0 Å². The number of rotatable bonds is 2. The van der Waals surface area contributed by atoms with Crippen LogP contribution in [-0.2, 0) is 0 Å². The number of aryl methyl sites for hydroxylation is 1. The summed E-state index contributed by atoms with van der Waals surface area (Å²) in [6.07, 6.45) is -2.40. The zero-order valence-electron chi connectivity index (χ0n) is 8.15. The Morgan fingerprint density at radius 2 is 1.80 bits per heavy atom. The van der Waals surface area contributed by atoms with Crippen molar-refractivity contribution >= 4 is 12.4 Å². The van der Waals surface area contributed by atoms with Crippen LogP contribution >= 0.6 is 0 Å². The number of hydrogen-bond acceptors (Lipinski definition) is 1. The van der Waals surface area contributed by atoms with E-state index >= 15 is 0 Å². The van der Waals surface area contributed by atoms with Gasteiger partial charge < -0.3 is 12.9 Å². The molecule has 0 saturated heterocycles. The van der Waals surface area contributed by atoms with Gasteiger partial charge in [-0.1, -0.05) is 11.5 Å². The SMILES string of the molecule is Cc1cc([B-](F)(F)F)cnc1C(F)F.[K+]. The van der Waals surface area contributed by atoms with Crippen LogP contribution in [0.5, 0.6) is 0 Å². The molecule has 0 aliphatic heterocycles. The van der Waals surface area contributed by atoms with Gasteiger partial charge in [0.2, 0.25) is 0 Å². The molecule has 0 fully saturated rings. The average Bonchev–Trinajstić information content (AvgIpc) is 2.01. The topological polar surface area (TPSA) is 12.9 Å². The molecule has 15 heavy (non-hydrogen) atoms. The van der Waals surface area contributed by atoms with Crippen molar-refractivity contribution in [1.29, 1.82) is 0 Å². The maximum atomic E-state index is 12.1. The van der Waals surface area contributed by atoms with E-state index in [2.05, 4.69) is 4.98 Å². The number of pyridine rings is 1. The van der Waals surface area contributed by atoms with Crippen molar-refractivity contribution < 1.29 is 73.1 Å². The summed E-state index contributed by atoms with van der Waals surface area (Å²) in [4.78, 5) is 3.09. The molecule has 0 aromatic carbocycles. The number of hydrogen-bond donors (Lipinski definition) is 0. The fraction of sp³-hybridized carbons (Fsp3) is 0.286. The van der Waals surface area contributed by atoms with Crippen molar-refractivity contribution in [3.63, 3.8) is 0 Å². The molecule has 0 bridgehead atoms. The van der Waals surface area contributed by atoms with Gasteiger partial charge in [-0.2, -0.15) is 0 Å². The summed E-state index contributed by atoms with van der Waals surface area (Å²) >= 11 is 0. The molecule has 0 unspecified atom stereocenters. The molecule has 1 nitrogen and oxygen atoms in total. The molecule has 0 atom stereocenters. The van der Waals surface area contributed by atoms with Crippen LogP contribution in [0.25, 0.3) is 0 Å². The predicted molar refractivity (Wildman–Crippen MR) is 42.6 cm³/mol. The number of halogens is 5. The third-order valence-electron chi connectivity index (χ3n) is 1.72. The summed E-state index contributed by atoms with van der Waals surface area (Å²) < 4.78 is 60.6. The Bertz CT molecular complexity index is 341. The first-order chi connectivity index (χ1) is 6.32. The Kier molecular flexibility index (Phi) is 5.91. The van der Waals surface area contributed by atoms with E-state index in [1.165, 1.54) is 6.92 Å². The zero-order chi connectivity index (χ0) is 10.9. The molecule has 1 aromatic rings. The Labute approximate surface area is 126 Å². The van der Waals surface area contributed by atoms with E-state index in [9.17, 15) is 21.7 Å². The van der Waals surface area contributed by atoms with Gasteiger partial charge in [0.1, 0.15) is 5.69 Å². The summed E-state index contributed by atoms with van der Waals surface area (Å²) in [5.74, 6) is 0. The third-order valence-corrected chi connectivity index (χ3v) is 1.72. The van der Waals surface area contributed by atoms with Crippen LogP contribution in [0.15, 0.2) is 12.3 Å². The number of alkyl halides is 2. The molecule has 1 aromatic heterocycles. The van der Waals surface area contributed by atoms with Crippen LogP contribution in [0.2, 0.25) is 0 Å². The fourth-order valence-electron chi connectivity index (χ4n) is 1.01. The molecule has 8 heteroatoms. The van der Waals surface area contributed by atoms with Gasteiger partial charge in [-0.3, -0.25) is 4.98 Å². The van der Waals surface area contributed by atoms with Gasteiger partial charge in [0, 0.05) is 6.20 Å². The minimum absolute atomic E-state index is 0. The Morgan fingerprint density at radius 3 is 2.13 bits per heavy atom. The first-order valence-electron chi connectivity index (χ1n) is 3.77. The van der Waals surface area contributed by atoms with Gasteiger partial charge in [0.15, 0.2) is 0 Å². The second kappa shape index (κ2) is 5.72. The normalized spacial score (nSPS) is 11.4. The molecule has 0 aliphatic rings. The standard InChI is InChI=1S/C7H6BF5N.K/c1-4-2-5(8(11,12)13)3-14-6(4)7(9)10;/h2-3,7H,1H3;/q-1;+1. The van der Waals surface area contributed by atoms with Crippen LogP contribution in [0.1, 0.15) is 17.7 Å². The summed E-state index contributed by atoms with van der Waals surface area (Å²) in [6.45, 7) is -3.99. The maximum Gasteiger partial charge on any atom is 1.00 e. The molecule has 0 spiro atoms. The van der Waals surface area contributed by atoms with E-state index < -0.39 is 24.6 Å². The van der Waals surface area contributed by atoms with E-state index in [-0.39, 0.29) is 56.9 Å². The van der Waals surface area contributed by atoms with Crippen molar-refractivity contribution in [2.24, 2.45) is 0 Å². The molecule has 1 heterocycles. The fourth-order valence-corrected chi connectivity index (χ4v) is 1.01. The van der Waals surface area contributed by atoms with E-state index in [1.54, 1.807) is 0 Å². The molecule has 0 N–H and O–H groups in total. The second-order valence-corrected chi connectivity index (χ2v) is 2.85. The van der Waals surface area contributed by atoms with Gasteiger partial charge in [0.05, 0.1) is 0 Å². The van der Waals surface area contributed by atoms with Crippen LogP contribution in [0.4, 0.5) is 21.7 Å². The van der Waals surface area contributed by atoms with E-state index in [4.69, 9.17) is 0 Å². The molecular weight excluding hydrogens is 243 g/mol. The number of aromatic nitrogens is 1. The molecule has 0 radical (unpaired) electrons. The monoisotopic (exact) mass is 249 g/mol. The van der Waals surface area contributed by atoms with Crippen molar-refractivity contribution in [3.05, 3.63) is 23.5 Å². The summed E-state index contributed by atoms with van der Waals surface area (Å²) in [5, 5.41) is 0. The largest absolute Gasteiger partial charge is 1.00 e. The van der Waals surface area contributed by atoms with Crippen LogP contribution in [0.3, 0.4) is 0 Å². The first kappa shape index (κ1) is 15.5. The van der Waals surface area contributed by atoms with E-state index in [0.717, 1.165) is 0 Å². The molecule has 0 saturated carbocycles. The summed E-state index contributed by atoms with van der Waals surface area (Å²) in [6, 6.07) is 0.689. The number of nitrogens with zero attached hydrogens (tertiary/aromatic N) is 1. The van der Waals surface area contributed by atoms with E-state index in [1.807, 2.05) is 0 Å². The first-order valence-corrected chi connectivity index (χ1v) is 3.77. The van der Waals surface area contributed by atoms with Crippen molar-refractivity contribution in [3.8, 4) is 0 Å². The van der Waals surface area contributed by atoms with Gasteiger partial charge >= 0.3 is 58.4 Å². The van der Waals surface area contributed by atoms with Gasteiger partial charge in [-0.25, -0.2) is 8.78 Å².